The van der Waals surface area contributed by atoms with E-state index in [-0.39, 0.29) is 5.78 Å². The second-order valence-corrected chi connectivity index (χ2v) is 5.09. The van der Waals surface area contributed by atoms with E-state index in [2.05, 4.69) is 0 Å². The Morgan fingerprint density at radius 3 is 2.50 bits per heavy atom. The number of ketones is 1. The number of halogens is 1. The van der Waals surface area contributed by atoms with Gasteiger partial charge in [-0.25, -0.2) is 0 Å². The summed E-state index contributed by atoms with van der Waals surface area (Å²) in [5, 5.41) is 0.532. The maximum atomic E-state index is 12.4. The summed E-state index contributed by atoms with van der Waals surface area (Å²) in [7, 11) is 0. The van der Waals surface area contributed by atoms with Crippen molar-refractivity contribution in [3.8, 4) is 5.75 Å². The fraction of sp³-hybridized carbons (Fsp3) is 0.235. The van der Waals surface area contributed by atoms with E-state index in [0.717, 1.165) is 5.56 Å². The third-order valence-corrected chi connectivity index (χ3v) is 3.37. The average molecular weight is 289 g/mol. The molecule has 20 heavy (non-hydrogen) atoms. The Morgan fingerprint density at radius 1 is 1.20 bits per heavy atom. The van der Waals surface area contributed by atoms with Gasteiger partial charge in [-0.2, -0.15) is 0 Å². The van der Waals surface area contributed by atoms with E-state index in [9.17, 15) is 4.79 Å². The Balaban J connectivity index is 2.19. The van der Waals surface area contributed by atoms with Crippen molar-refractivity contribution in [1.29, 1.82) is 0 Å². The number of aryl methyl sites for hydroxylation is 1. The van der Waals surface area contributed by atoms with Crippen molar-refractivity contribution in [1.82, 2.24) is 0 Å². The van der Waals surface area contributed by atoms with Crippen molar-refractivity contribution >= 4 is 17.4 Å². The lowest BCUT2D eigenvalue weighted by Crippen LogP contribution is -2.26. The lowest BCUT2D eigenvalue weighted by Gasteiger charge is -2.17. The minimum atomic E-state index is -0.516. The summed E-state index contributed by atoms with van der Waals surface area (Å²) in [4.78, 5) is 12.4. The number of ether oxygens (including phenoxy) is 1. The molecule has 0 aliphatic heterocycles. The van der Waals surface area contributed by atoms with Gasteiger partial charge in [0.2, 0.25) is 5.78 Å². The Labute approximate surface area is 124 Å². The maximum absolute atomic E-state index is 12.4. The highest BCUT2D eigenvalue weighted by atomic mass is 35.5. The third kappa shape index (κ3) is 3.40. The monoisotopic (exact) mass is 288 g/mol. The lowest BCUT2D eigenvalue weighted by molar-refractivity contribution is 0.0787. The van der Waals surface area contributed by atoms with Crippen molar-refractivity contribution in [3.63, 3.8) is 0 Å². The van der Waals surface area contributed by atoms with Gasteiger partial charge in [0.25, 0.3) is 0 Å². The van der Waals surface area contributed by atoms with Gasteiger partial charge in [-0.05, 0) is 31.0 Å². The van der Waals surface area contributed by atoms with Gasteiger partial charge >= 0.3 is 0 Å². The molecule has 2 rings (SSSR count). The van der Waals surface area contributed by atoms with Crippen LogP contribution in [0.2, 0.25) is 5.02 Å². The molecule has 0 fully saturated rings. The molecule has 0 aliphatic carbocycles. The van der Waals surface area contributed by atoms with Crippen LogP contribution in [0.5, 0.6) is 5.75 Å². The number of hydrogen-bond acceptors (Lipinski definition) is 2. The summed E-state index contributed by atoms with van der Waals surface area (Å²) < 4.78 is 5.78. The average Bonchev–Trinajstić information content (AvgIpc) is 2.47. The Hall–Kier alpha value is -1.80. The van der Waals surface area contributed by atoms with Crippen molar-refractivity contribution < 1.29 is 9.53 Å². The van der Waals surface area contributed by atoms with Crippen LogP contribution >= 0.6 is 11.6 Å². The fourth-order valence-corrected chi connectivity index (χ4v) is 2.24. The predicted molar refractivity (Wildman–Crippen MR) is 81.7 cm³/mol. The van der Waals surface area contributed by atoms with Gasteiger partial charge in [0.1, 0.15) is 5.75 Å². The normalized spacial score (nSPS) is 11.9. The smallest absolute Gasteiger partial charge is 0.203 e. The highest BCUT2D eigenvalue weighted by Crippen LogP contribution is 2.27. The van der Waals surface area contributed by atoms with E-state index in [4.69, 9.17) is 16.3 Å². The van der Waals surface area contributed by atoms with E-state index < -0.39 is 6.10 Å². The van der Waals surface area contributed by atoms with Gasteiger partial charge < -0.3 is 4.74 Å². The first kappa shape index (κ1) is 14.6. The topological polar surface area (TPSA) is 26.3 Å². The third-order valence-electron chi connectivity index (χ3n) is 3.08. The highest BCUT2D eigenvalue weighted by molar-refractivity contribution is 6.32. The van der Waals surface area contributed by atoms with Crippen molar-refractivity contribution in [2.45, 2.75) is 26.4 Å². The van der Waals surface area contributed by atoms with Crippen LogP contribution < -0.4 is 4.74 Å². The van der Waals surface area contributed by atoms with Crippen LogP contribution in [0.25, 0.3) is 0 Å². The molecule has 3 heteroatoms. The van der Waals surface area contributed by atoms with Crippen LogP contribution in [-0.4, -0.2) is 11.9 Å². The summed E-state index contributed by atoms with van der Waals surface area (Å²) in [5.41, 5.74) is 1.72. The second-order valence-electron chi connectivity index (χ2n) is 4.68. The van der Waals surface area contributed by atoms with Crippen LogP contribution in [0.15, 0.2) is 48.5 Å². The first-order chi connectivity index (χ1) is 9.61. The van der Waals surface area contributed by atoms with Crippen LogP contribution in [0.1, 0.15) is 29.3 Å². The molecule has 0 amide bonds. The predicted octanol–water partition coefficient (Wildman–Crippen LogP) is 4.69. The summed E-state index contributed by atoms with van der Waals surface area (Å²) in [6.45, 7) is 3.88. The van der Waals surface area contributed by atoms with Crippen LogP contribution in [0.3, 0.4) is 0 Å². The Bertz CT molecular complexity index is 593. The molecule has 2 aromatic rings. The molecule has 2 aromatic carbocycles. The molecule has 1 unspecified atom stereocenters. The summed E-state index contributed by atoms with van der Waals surface area (Å²) in [6, 6.07) is 14.7. The zero-order chi connectivity index (χ0) is 14.5. The highest BCUT2D eigenvalue weighted by Gasteiger charge is 2.20. The maximum Gasteiger partial charge on any atom is 0.203 e. The quantitative estimate of drug-likeness (QED) is 0.746. The molecule has 0 saturated carbocycles. The number of Topliss-reactive ketones (excluding diaryl/α,β-unsaturated/α-hetero) is 1. The van der Waals surface area contributed by atoms with Crippen LogP contribution in [0.4, 0.5) is 0 Å². The zero-order valence-electron chi connectivity index (χ0n) is 11.6. The number of carbonyl (C=O) groups is 1. The molecule has 0 saturated heterocycles. The van der Waals surface area contributed by atoms with Gasteiger partial charge in [0, 0.05) is 5.56 Å². The van der Waals surface area contributed by atoms with Crippen LogP contribution in [0, 0.1) is 6.92 Å². The van der Waals surface area contributed by atoms with Crippen LogP contribution in [-0.2, 0) is 0 Å². The Morgan fingerprint density at radius 2 is 1.90 bits per heavy atom. The molecule has 0 aliphatic rings. The van der Waals surface area contributed by atoms with Gasteiger partial charge in [-0.1, -0.05) is 54.9 Å². The van der Waals surface area contributed by atoms with Crippen molar-refractivity contribution in [2.75, 3.05) is 0 Å². The number of hydrogen-bond donors (Lipinski definition) is 0. The lowest BCUT2D eigenvalue weighted by atomic mass is 10.0. The van der Waals surface area contributed by atoms with E-state index in [1.54, 1.807) is 18.2 Å². The molecular weight excluding hydrogens is 272 g/mol. The molecule has 104 valence electrons. The molecule has 0 bridgehead atoms. The molecule has 0 radical (unpaired) electrons. The van der Waals surface area contributed by atoms with E-state index in [0.29, 0.717) is 22.8 Å². The van der Waals surface area contributed by atoms with Crippen molar-refractivity contribution in [3.05, 3.63) is 64.7 Å². The molecule has 0 spiro atoms. The van der Waals surface area contributed by atoms with Gasteiger partial charge in [-0.3, -0.25) is 4.79 Å². The molecule has 0 aromatic heterocycles. The molecule has 1 atom stereocenters. The van der Waals surface area contributed by atoms with E-state index in [1.165, 1.54) is 0 Å². The number of carbonyl (C=O) groups excluding carboxylic acids is 1. The first-order valence-corrected chi connectivity index (χ1v) is 7.01. The molecule has 0 heterocycles. The number of benzene rings is 2. The number of rotatable bonds is 5. The van der Waals surface area contributed by atoms with Gasteiger partial charge in [0.15, 0.2) is 6.10 Å². The van der Waals surface area contributed by atoms with Gasteiger partial charge in [-0.15, -0.1) is 0 Å². The minimum Gasteiger partial charge on any atom is -0.481 e. The fourth-order valence-electron chi connectivity index (χ4n) is 1.97. The summed E-state index contributed by atoms with van der Waals surface area (Å²) in [5.74, 6) is 0.526. The molecule has 2 nitrogen and oxygen atoms in total. The second kappa shape index (κ2) is 6.58. The van der Waals surface area contributed by atoms with Crippen molar-refractivity contribution in [2.24, 2.45) is 0 Å². The standard InChI is InChI=1S/C17H17ClO2/c1-3-15(17(19)13-7-5-4-6-8-13)20-16-10-9-12(2)11-14(16)18/h4-11,15H,3H2,1-2H3. The molecule has 0 N–H and O–H groups in total. The summed E-state index contributed by atoms with van der Waals surface area (Å²) >= 11 is 6.14. The molecular formula is C17H17ClO2. The van der Waals surface area contributed by atoms with Gasteiger partial charge in [0.05, 0.1) is 5.02 Å². The summed E-state index contributed by atoms with van der Waals surface area (Å²) in [6.07, 6.45) is 0.0791. The van der Waals surface area contributed by atoms with E-state index in [1.807, 2.05) is 44.2 Å². The van der Waals surface area contributed by atoms with E-state index >= 15 is 0 Å². The SMILES string of the molecule is CCC(Oc1ccc(C)cc1Cl)C(=O)c1ccccc1. The largest absolute Gasteiger partial charge is 0.481 e. The zero-order valence-corrected chi connectivity index (χ0v) is 12.4. The minimum absolute atomic E-state index is 0.0234. The Kier molecular flexibility index (Phi) is 4.80. The first-order valence-electron chi connectivity index (χ1n) is 6.64.